The summed E-state index contributed by atoms with van der Waals surface area (Å²) >= 11 is 0. The molecule has 2 aromatic carbocycles. The van der Waals surface area contributed by atoms with Gasteiger partial charge < -0.3 is 10.1 Å². The third-order valence-corrected chi connectivity index (χ3v) is 5.00. The molecule has 0 fully saturated rings. The van der Waals surface area contributed by atoms with Crippen molar-refractivity contribution >= 4 is 28.5 Å². The van der Waals surface area contributed by atoms with E-state index in [0.717, 1.165) is 16.6 Å². The minimum Gasteiger partial charge on any atom is -0.497 e. The number of hydrogen-bond acceptors (Lipinski definition) is 4. The number of carbonyl (C=O) groups excluding carboxylic acids is 1. The number of rotatable bonds is 2. The molecular formula is C20H16N4O3. The SMILES string of the molecule is COc1cccc([C@H]2CC(=O)Nc3c2c(=O)[nH]c2nc4ccccc4n32)c1. The zero-order valence-corrected chi connectivity index (χ0v) is 14.5. The molecule has 0 aliphatic carbocycles. The van der Waals surface area contributed by atoms with E-state index in [9.17, 15) is 9.59 Å². The van der Waals surface area contributed by atoms with Crippen molar-refractivity contribution in [1.82, 2.24) is 14.4 Å². The van der Waals surface area contributed by atoms with Gasteiger partial charge in [-0.2, -0.15) is 0 Å². The zero-order valence-electron chi connectivity index (χ0n) is 14.5. The van der Waals surface area contributed by atoms with Crippen LogP contribution in [0.2, 0.25) is 0 Å². The topological polar surface area (TPSA) is 88.5 Å². The zero-order chi connectivity index (χ0) is 18.5. The predicted molar refractivity (Wildman–Crippen MR) is 101 cm³/mol. The molecule has 0 saturated heterocycles. The molecule has 1 atom stereocenters. The lowest BCUT2D eigenvalue weighted by molar-refractivity contribution is -0.116. The van der Waals surface area contributed by atoms with Gasteiger partial charge in [0.15, 0.2) is 0 Å². The summed E-state index contributed by atoms with van der Waals surface area (Å²) in [6.45, 7) is 0. The highest BCUT2D eigenvalue weighted by molar-refractivity contribution is 5.96. The Morgan fingerprint density at radius 1 is 1.15 bits per heavy atom. The number of nitrogens with zero attached hydrogens (tertiary/aromatic N) is 2. The van der Waals surface area contributed by atoms with Crippen LogP contribution in [-0.4, -0.2) is 27.4 Å². The first-order valence-electron chi connectivity index (χ1n) is 8.63. The molecular weight excluding hydrogens is 344 g/mol. The van der Waals surface area contributed by atoms with Crippen LogP contribution >= 0.6 is 0 Å². The third kappa shape index (κ3) is 2.32. The molecule has 2 N–H and O–H groups in total. The number of para-hydroxylation sites is 2. The van der Waals surface area contributed by atoms with Gasteiger partial charge in [-0.05, 0) is 29.8 Å². The number of amides is 1. The smallest absolute Gasteiger partial charge is 0.258 e. The van der Waals surface area contributed by atoms with E-state index in [1.165, 1.54) is 0 Å². The summed E-state index contributed by atoms with van der Waals surface area (Å²) < 4.78 is 7.11. The number of hydrogen-bond donors (Lipinski definition) is 2. The van der Waals surface area contributed by atoms with E-state index in [-0.39, 0.29) is 23.8 Å². The monoisotopic (exact) mass is 360 g/mol. The standard InChI is InChI=1S/C20H16N4O3/c1-27-12-6-4-5-11(9-12)13-10-16(25)22-18-17(13)19(26)23-20-21-14-7-2-3-8-15(14)24(18)20/h2-9,13H,10H2,1H3,(H,22,25)(H,21,23,26)/t13-/m1/s1. The Bertz CT molecular complexity index is 1270. The van der Waals surface area contributed by atoms with E-state index in [4.69, 9.17) is 4.74 Å². The van der Waals surface area contributed by atoms with Crippen molar-refractivity contribution in [2.45, 2.75) is 12.3 Å². The number of anilines is 1. The molecule has 4 aromatic rings. The maximum Gasteiger partial charge on any atom is 0.258 e. The van der Waals surface area contributed by atoms with Crippen LogP contribution < -0.4 is 15.6 Å². The van der Waals surface area contributed by atoms with Crippen molar-refractivity contribution in [3.63, 3.8) is 0 Å². The van der Waals surface area contributed by atoms with Gasteiger partial charge in [-0.15, -0.1) is 0 Å². The van der Waals surface area contributed by atoms with Crippen molar-refractivity contribution in [3.05, 3.63) is 70.0 Å². The van der Waals surface area contributed by atoms with Gasteiger partial charge in [-0.25, -0.2) is 4.98 Å². The van der Waals surface area contributed by atoms with E-state index in [0.29, 0.717) is 22.9 Å². The number of H-pyrrole nitrogens is 1. The molecule has 7 nitrogen and oxygen atoms in total. The van der Waals surface area contributed by atoms with Crippen molar-refractivity contribution in [2.24, 2.45) is 0 Å². The first-order chi connectivity index (χ1) is 13.2. The lowest BCUT2D eigenvalue weighted by Gasteiger charge is -2.26. The summed E-state index contributed by atoms with van der Waals surface area (Å²) in [5.74, 6) is 1.07. The first kappa shape index (κ1) is 15.6. The Labute approximate surface area is 153 Å². The highest BCUT2D eigenvalue weighted by Crippen LogP contribution is 2.37. The summed E-state index contributed by atoms with van der Waals surface area (Å²) in [7, 11) is 1.59. The number of aromatic nitrogens is 3. The lowest BCUT2D eigenvalue weighted by atomic mass is 9.86. The number of ether oxygens (including phenoxy) is 1. The summed E-state index contributed by atoms with van der Waals surface area (Å²) in [4.78, 5) is 32.7. The number of aromatic amines is 1. The second-order valence-corrected chi connectivity index (χ2v) is 6.56. The second-order valence-electron chi connectivity index (χ2n) is 6.56. The molecule has 1 aliphatic rings. The Hall–Kier alpha value is -3.61. The minimum atomic E-state index is -0.363. The molecule has 3 heterocycles. The predicted octanol–water partition coefficient (Wildman–Crippen LogP) is 2.66. The molecule has 0 spiro atoms. The molecule has 7 heteroatoms. The molecule has 27 heavy (non-hydrogen) atoms. The largest absolute Gasteiger partial charge is 0.497 e. The van der Waals surface area contributed by atoms with Crippen LogP contribution in [0.4, 0.5) is 5.82 Å². The van der Waals surface area contributed by atoms with Crippen LogP contribution in [0.3, 0.4) is 0 Å². The normalized spacial score (nSPS) is 16.3. The summed E-state index contributed by atoms with van der Waals surface area (Å²) in [5, 5.41) is 2.88. The number of carbonyl (C=O) groups is 1. The molecule has 1 amide bonds. The quantitative estimate of drug-likeness (QED) is 0.575. The van der Waals surface area contributed by atoms with Crippen LogP contribution in [0.15, 0.2) is 53.3 Å². The van der Waals surface area contributed by atoms with Crippen molar-refractivity contribution < 1.29 is 9.53 Å². The van der Waals surface area contributed by atoms with Gasteiger partial charge in [0.1, 0.15) is 11.6 Å². The van der Waals surface area contributed by atoms with Crippen molar-refractivity contribution in [1.29, 1.82) is 0 Å². The third-order valence-electron chi connectivity index (χ3n) is 5.00. The first-order valence-corrected chi connectivity index (χ1v) is 8.63. The van der Waals surface area contributed by atoms with E-state index in [1.807, 2.05) is 48.5 Å². The fraction of sp³-hybridized carbons (Fsp3) is 0.150. The lowest BCUT2D eigenvalue weighted by Crippen LogP contribution is -2.32. The Balaban J connectivity index is 1.84. The Morgan fingerprint density at radius 3 is 2.85 bits per heavy atom. The average molecular weight is 360 g/mol. The van der Waals surface area contributed by atoms with Crippen LogP contribution in [0.25, 0.3) is 16.8 Å². The second kappa shape index (κ2) is 5.70. The van der Waals surface area contributed by atoms with E-state index >= 15 is 0 Å². The molecule has 0 saturated carbocycles. The molecule has 0 unspecified atom stereocenters. The Morgan fingerprint density at radius 2 is 2.00 bits per heavy atom. The van der Waals surface area contributed by atoms with E-state index < -0.39 is 0 Å². The number of nitrogens with one attached hydrogen (secondary N) is 2. The van der Waals surface area contributed by atoms with Crippen LogP contribution in [0.5, 0.6) is 5.75 Å². The highest BCUT2D eigenvalue weighted by Gasteiger charge is 2.32. The van der Waals surface area contributed by atoms with Gasteiger partial charge in [0.2, 0.25) is 11.7 Å². The fourth-order valence-electron chi connectivity index (χ4n) is 3.79. The number of imidazole rings is 1. The van der Waals surface area contributed by atoms with Crippen LogP contribution in [0.1, 0.15) is 23.5 Å². The van der Waals surface area contributed by atoms with Crippen molar-refractivity contribution in [3.8, 4) is 5.75 Å². The number of fused-ring (bicyclic) bond motifs is 5. The number of benzene rings is 2. The van der Waals surface area contributed by atoms with Gasteiger partial charge >= 0.3 is 0 Å². The van der Waals surface area contributed by atoms with Gasteiger partial charge in [-0.3, -0.25) is 19.0 Å². The molecule has 0 radical (unpaired) electrons. The highest BCUT2D eigenvalue weighted by atomic mass is 16.5. The maximum absolute atomic E-state index is 12.9. The van der Waals surface area contributed by atoms with E-state index in [2.05, 4.69) is 15.3 Å². The van der Waals surface area contributed by atoms with Gasteiger partial charge in [0.25, 0.3) is 5.56 Å². The molecule has 5 rings (SSSR count). The summed E-state index contributed by atoms with van der Waals surface area (Å²) in [5.41, 5.74) is 2.71. The van der Waals surface area contributed by atoms with Crippen molar-refractivity contribution in [2.75, 3.05) is 12.4 Å². The maximum atomic E-state index is 12.9. The molecule has 1 aliphatic heterocycles. The number of methoxy groups -OCH3 is 1. The van der Waals surface area contributed by atoms with Gasteiger partial charge in [-0.1, -0.05) is 24.3 Å². The van der Waals surface area contributed by atoms with Gasteiger partial charge in [0, 0.05) is 12.3 Å². The molecule has 0 bridgehead atoms. The van der Waals surface area contributed by atoms with Crippen LogP contribution in [-0.2, 0) is 4.79 Å². The fourth-order valence-corrected chi connectivity index (χ4v) is 3.79. The van der Waals surface area contributed by atoms with Gasteiger partial charge in [0.05, 0.1) is 23.7 Å². The minimum absolute atomic E-state index is 0.139. The summed E-state index contributed by atoms with van der Waals surface area (Å²) in [6.07, 6.45) is 0.196. The average Bonchev–Trinajstić information content (AvgIpc) is 3.05. The molecule has 134 valence electrons. The Kier molecular flexibility index (Phi) is 3.30. The molecule has 2 aromatic heterocycles. The van der Waals surface area contributed by atoms with E-state index in [1.54, 1.807) is 11.5 Å². The van der Waals surface area contributed by atoms with Crippen LogP contribution in [0, 0.1) is 0 Å². The summed E-state index contributed by atoms with van der Waals surface area (Å²) in [6, 6.07) is 15.0.